The van der Waals surface area contributed by atoms with Gasteiger partial charge in [-0.25, -0.2) is 4.98 Å². The summed E-state index contributed by atoms with van der Waals surface area (Å²) in [7, 11) is 0. The minimum atomic E-state index is 0.431. The van der Waals surface area contributed by atoms with Gasteiger partial charge in [0.1, 0.15) is 0 Å². The molecule has 1 N–H and O–H groups in total. The number of aromatic nitrogens is 2. The van der Waals surface area contributed by atoms with E-state index in [9.17, 15) is 0 Å². The van der Waals surface area contributed by atoms with Crippen molar-refractivity contribution in [1.29, 1.82) is 0 Å². The van der Waals surface area contributed by atoms with Crippen molar-refractivity contribution in [1.82, 2.24) is 9.55 Å². The van der Waals surface area contributed by atoms with Gasteiger partial charge in [0, 0.05) is 12.7 Å². The Hall–Kier alpha value is -1.77. The average Bonchev–Trinajstić information content (AvgIpc) is 2.85. The first-order valence-electron chi connectivity index (χ1n) is 7.66. The Morgan fingerprint density at radius 3 is 3.05 bits per heavy atom. The summed E-state index contributed by atoms with van der Waals surface area (Å²) in [5.74, 6) is 1.02. The van der Waals surface area contributed by atoms with Gasteiger partial charge in [0.05, 0.1) is 11.7 Å². The van der Waals surface area contributed by atoms with E-state index in [0.717, 1.165) is 24.6 Å². The molecule has 0 saturated carbocycles. The zero-order chi connectivity index (χ0) is 13.9. The van der Waals surface area contributed by atoms with Crippen molar-refractivity contribution in [2.75, 3.05) is 11.9 Å². The number of benzene rings is 1. The number of imidazole rings is 1. The van der Waals surface area contributed by atoms with Crippen LogP contribution in [-0.2, 0) is 6.42 Å². The maximum Gasteiger partial charge on any atom is 0.203 e. The van der Waals surface area contributed by atoms with E-state index in [0.29, 0.717) is 6.04 Å². The smallest absolute Gasteiger partial charge is 0.203 e. The first-order valence-corrected chi connectivity index (χ1v) is 7.66. The third-order valence-electron chi connectivity index (χ3n) is 4.06. The van der Waals surface area contributed by atoms with Gasteiger partial charge in [-0.15, -0.1) is 0 Å². The normalized spacial score (nSPS) is 17.8. The molecule has 1 unspecified atom stereocenters. The Morgan fingerprint density at radius 2 is 2.20 bits per heavy atom. The minimum absolute atomic E-state index is 0.431. The molecule has 1 aliphatic carbocycles. The molecule has 3 heteroatoms. The molecule has 0 aliphatic heterocycles. The van der Waals surface area contributed by atoms with Crippen LogP contribution in [-0.4, -0.2) is 16.1 Å². The molecule has 0 radical (unpaired) electrons. The molecule has 0 saturated heterocycles. The van der Waals surface area contributed by atoms with Gasteiger partial charge in [-0.3, -0.25) is 0 Å². The summed E-state index contributed by atoms with van der Waals surface area (Å²) in [5, 5.41) is 3.46. The zero-order valence-corrected chi connectivity index (χ0v) is 12.4. The predicted octanol–water partition coefficient (Wildman–Crippen LogP) is 3.94. The number of aryl methyl sites for hydroxylation is 2. The van der Waals surface area contributed by atoms with Crippen LogP contribution >= 0.6 is 0 Å². The van der Waals surface area contributed by atoms with Crippen molar-refractivity contribution in [3.8, 4) is 0 Å². The lowest BCUT2D eigenvalue weighted by atomic mass is 9.87. The van der Waals surface area contributed by atoms with E-state index in [-0.39, 0.29) is 0 Å². The number of anilines is 1. The largest absolute Gasteiger partial charge is 0.356 e. The fourth-order valence-electron chi connectivity index (χ4n) is 3.14. The molecule has 3 nitrogen and oxygen atoms in total. The lowest BCUT2D eigenvalue weighted by Crippen LogP contribution is -2.19. The van der Waals surface area contributed by atoms with Crippen LogP contribution in [0.5, 0.6) is 0 Å². The molecule has 0 bridgehead atoms. The SMILES string of the molecule is CCCNc1nc(C)cn1C1CCCc2ccccc21. The lowest BCUT2D eigenvalue weighted by Gasteiger charge is -2.28. The molecular weight excluding hydrogens is 246 g/mol. The molecule has 1 aromatic carbocycles. The fourth-order valence-corrected chi connectivity index (χ4v) is 3.14. The van der Waals surface area contributed by atoms with Gasteiger partial charge in [0.25, 0.3) is 0 Å². The standard InChI is InChI=1S/C17H23N3/c1-3-11-18-17-19-13(2)12-20(17)16-10-6-8-14-7-4-5-9-15(14)16/h4-5,7,9,12,16H,3,6,8,10-11H2,1-2H3,(H,18,19). The van der Waals surface area contributed by atoms with Crippen molar-refractivity contribution < 1.29 is 0 Å². The number of fused-ring (bicyclic) bond motifs is 1. The molecule has 0 fully saturated rings. The Morgan fingerprint density at radius 1 is 1.35 bits per heavy atom. The Kier molecular flexibility index (Phi) is 3.77. The maximum atomic E-state index is 4.65. The zero-order valence-electron chi connectivity index (χ0n) is 12.4. The van der Waals surface area contributed by atoms with Gasteiger partial charge in [0.2, 0.25) is 5.95 Å². The topological polar surface area (TPSA) is 29.9 Å². The summed E-state index contributed by atoms with van der Waals surface area (Å²) < 4.78 is 2.34. The van der Waals surface area contributed by atoms with Crippen molar-refractivity contribution in [2.45, 2.75) is 45.6 Å². The molecule has 0 amide bonds. The molecule has 1 heterocycles. The second kappa shape index (κ2) is 5.70. The van der Waals surface area contributed by atoms with E-state index in [1.54, 1.807) is 0 Å². The van der Waals surface area contributed by atoms with E-state index in [1.807, 2.05) is 0 Å². The highest BCUT2D eigenvalue weighted by Gasteiger charge is 2.23. The summed E-state index contributed by atoms with van der Waals surface area (Å²) in [5.41, 5.74) is 4.05. The average molecular weight is 269 g/mol. The van der Waals surface area contributed by atoms with E-state index in [2.05, 4.69) is 59.2 Å². The number of rotatable bonds is 4. The van der Waals surface area contributed by atoms with Gasteiger partial charge in [-0.05, 0) is 43.7 Å². The minimum Gasteiger partial charge on any atom is -0.356 e. The third kappa shape index (κ3) is 2.45. The van der Waals surface area contributed by atoms with E-state index >= 15 is 0 Å². The molecular formula is C17H23N3. The molecule has 20 heavy (non-hydrogen) atoms. The maximum absolute atomic E-state index is 4.65. The summed E-state index contributed by atoms with van der Waals surface area (Å²) in [6, 6.07) is 9.28. The van der Waals surface area contributed by atoms with Crippen LogP contribution in [0.3, 0.4) is 0 Å². The quantitative estimate of drug-likeness (QED) is 0.911. The highest BCUT2D eigenvalue weighted by molar-refractivity contribution is 5.37. The van der Waals surface area contributed by atoms with Gasteiger partial charge in [0.15, 0.2) is 0 Å². The second-order valence-corrected chi connectivity index (χ2v) is 5.65. The lowest BCUT2D eigenvalue weighted by molar-refractivity contribution is 0.493. The third-order valence-corrected chi connectivity index (χ3v) is 4.06. The van der Waals surface area contributed by atoms with Gasteiger partial charge in [-0.1, -0.05) is 31.2 Å². The predicted molar refractivity (Wildman–Crippen MR) is 83.3 cm³/mol. The molecule has 1 atom stereocenters. The Bertz CT molecular complexity index is 586. The van der Waals surface area contributed by atoms with Crippen LogP contribution in [0.15, 0.2) is 30.5 Å². The summed E-state index contributed by atoms with van der Waals surface area (Å²) in [6.07, 6.45) is 6.97. The highest BCUT2D eigenvalue weighted by Crippen LogP contribution is 2.34. The van der Waals surface area contributed by atoms with Gasteiger partial charge >= 0.3 is 0 Å². The second-order valence-electron chi connectivity index (χ2n) is 5.65. The molecule has 106 valence electrons. The first-order chi connectivity index (χ1) is 9.79. The highest BCUT2D eigenvalue weighted by atomic mass is 15.2. The molecule has 0 spiro atoms. The number of hydrogen-bond donors (Lipinski definition) is 1. The van der Waals surface area contributed by atoms with Gasteiger partial charge in [-0.2, -0.15) is 0 Å². The van der Waals surface area contributed by atoms with Crippen molar-refractivity contribution in [2.24, 2.45) is 0 Å². The molecule has 2 aromatic rings. The summed E-state index contributed by atoms with van der Waals surface area (Å²) in [4.78, 5) is 4.65. The van der Waals surface area contributed by atoms with Crippen molar-refractivity contribution in [3.05, 3.63) is 47.3 Å². The van der Waals surface area contributed by atoms with E-state index in [4.69, 9.17) is 0 Å². The number of nitrogens with zero attached hydrogens (tertiary/aromatic N) is 2. The van der Waals surface area contributed by atoms with Crippen LogP contribution in [0.4, 0.5) is 5.95 Å². The Balaban J connectivity index is 1.97. The van der Waals surface area contributed by atoms with Crippen molar-refractivity contribution >= 4 is 5.95 Å². The van der Waals surface area contributed by atoms with Crippen LogP contribution in [0.1, 0.15) is 49.0 Å². The monoisotopic (exact) mass is 269 g/mol. The molecule has 3 rings (SSSR count). The van der Waals surface area contributed by atoms with E-state index in [1.165, 1.54) is 30.4 Å². The first kappa shape index (κ1) is 13.2. The summed E-state index contributed by atoms with van der Waals surface area (Å²) >= 11 is 0. The number of nitrogens with one attached hydrogen (secondary N) is 1. The summed E-state index contributed by atoms with van der Waals surface area (Å²) in [6.45, 7) is 5.23. The Labute approximate surface area is 121 Å². The van der Waals surface area contributed by atoms with Crippen molar-refractivity contribution in [3.63, 3.8) is 0 Å². The number of hydrogen-bond acceptors (Lipinski definition) is 2. The fraction of sp³-hybridized carbons (Fsp3) is 0.471. The molecule has 1 aromatic heterocycles. The van der Waals surface area contributed by atoms with Crippen LogP contribution in [0, 0.1) is 6.92 Å². The van der Waals surface area contributed by atoms with Gasteiger partial charge < -0.3 is 9.88 Å². The van der Waals surface area contributed by atoms with Crippen LogP contribution < -0.4 is 5.32 Å². The molecule has 1 aliphatic rings. The van der Waals surface area contributed by atoms with Crippen LogP contribution in [0.25, 0.3) is 0 Å². The van der Waals surface area contributed by atoms with E-state index < -0.39 is 0 Å². The van der Waals surface area contributed by atoms with Crippen LogP contribution in [0.2, 0.25) is 0 Å².